The molecule has 0 radical (unpaired) electrons. The molecule has 10 heteroatoms. The molecule has 326 valence electrons. The molecule has 0 spiro atoms. The summed E-state index contributed by atoms with van der Waals surface area (Å²) in [5.74, 6) is 1.57. The van der Waals surface area contributed by atoms with Gasteiger partial charge in [0.05, 0.1) is 77.7 Å². The predicted octanol–water partition coefficient (Wildman–Crippen LogP) is 13.8. The second kappa shape index (κ2) is 14.9. The predicted molar refractivity (Wildman–Crippen MR) is 281 cm³/mol. The average molecular weight is 897 g/mol. The van der Waals surface area contributed by atoms with Gasteiger partial charge >= 0.3 is 0 Å². The van der Waals surface area contributed by atoms with E-state index in [2.05, 4.69) is 182 Å². The molecule has 15 aromatic rings. The minimum atomic E-state index is 0.506. The molecule has 15 rings (SSSR count). The van der Waals surface area contributed by atoms with Gasteiger partial charge in [-0.15, -0.1) is 0 Å². The van der Waals surface area contributed by atoms with Crippen molar-refractivity contribution in [2.45, 2.75) is 0 Å². The molecule has 0 atom stereocenters. The van der Waals surface area contributed by atoms with Crippen molar-refractivity contribution in [3.05, 3.63) is 219 Å². The molecule has 10 nitrogen and oxygen atoms in total. The number of nitrogens with zero attached hydrogens (tertiary/aromatic N) is 10. The molecule has 8 aromatic heterocycles. The lowest BCUT2D eigenvalue weighted by molar-refractivity contribution is 0.950. The Kier molecular flexibility index (Phi) is 8.13. The summed E-state index contributed by atoms with van der Waals surface area (Å²) in [4.78, 5) is 31.5. The van der Waals surface area contributed by atoms with Crippen LogP contribution in [0.5, 0.6) is 0 Å². The lowest BCUT2D eigenvalue weighted by Crippen LogP contribution is -2.10. The third-order valence-corrected chi connectivity index (χ3v) is 13.8. The van der Waals surface area contributed by atoms with Gasteiger partial charge in [0.1, 0.15) is 0 Å². The minimum Gasteiger partial charge on any atom is -0.307 e. The van der Waals surface area contributed by atoms with Gasteiger partial charge in [-0.3, -0.25) is 19.5 Å². The summed E-state index contributed by atoms with van der Waals surface area (Å²) < 4.78 is 9.20. The number of hydrogen-bond donors (Lipinski definition) is 0. The van der Waals surface area contributed by atoms with E-state index in [1.807, 2.05) is 55.0 Å². The summed E-state index contributed by atoms with van der Waals surface area (Å²) in [5, 5.41) is 5.38. The first kappa shape index (κ1) is 38.3. The van der Waals surface area contributed by atoms with E-state index in [9.17, 15) is 0 Å². The van der Waals surface area contributed by atoms with Gasteiger partial charge in [-0.2, -0.15) is 9.97 Å². The Morgan fingerprint density at radius 1 is 0.271 bits per heavy atom. The van der Waals surface area contributed by atoms with Crippen LogP contribution in [0.25, 0.3) is 133 Å². The van der Waals surface area contributed by atoms with E-state index in [1.54, 1.807) is 0 Å². The molecule has 0 amide bonds. The highest BCUT2D eigenvalue weighted by Crippen LogP contribution is 2.43. The van der Waals surface area contributed by atoms with Crippen LogP contribution < -0.4 is 0 Å². The Bertz CT molecular complexity index is 4400. The molecule has 0 unspecified atom stereocenters. The first-order valence-electron chi connectivity index (χ1n) is 23.3. The van der Waals surface area contributed by atoms with Gasteiger partial charge in [-0.1, -0.05) is 121 Å². The third kappa shape index (κ3) is 5.49. The van der Waals surface area contributed by atoms with Gasteiger partial charge in [0, 0.05) is 56.6 Å². The maximum absolute atomic E-state index is 5.62. The van der Waals surface area contributed by atoms with E-state index in [4.69, 9.17) is 29.9 Å². The molecule has 0 aliphatic rings. The molecule has 0 aliphatic carbocycles. The van der Waals surface area contributed by atoms with Crippen LogP contribution in [0, 0.1) is 0 Å². The van der Waals surface area contributed by atoms with Crippen molar-refractivity contribution in [1.29, 1.82) is 0 Å². The summed E-state index contributed by atoms with van der Waals surface area (Å²) in [6.07, 6.45) is 5.61. The maximum atomic E-state index is 5.62. The summed E-state index contributed by atoms with van der Waals surface area (Å²) >= 11 is 0. The van der Waals surface area contributed by atoms with Crippen molar-refractivity contribution in [1.82, 2.24) is 48.2 Å². The highest BCUT2D eigenvalue weighted by Gasteiger charge is 2.27. The van der Waals surface area contributed by atoms with Gasteiger partial charge in [-0.05, 0) is 78.9 Å². The van der Waals surface area contributed by atoms with Crippen LogP contribution in [0.15, 0.2) is 219 Å². The van der Waals surface area contributed by atoms with Gasteiger partial charge < -0.3 is 13.7 Å². The zero-order valence-corrected chi connectivity index (χ0v) is 37.3. The first-order chi connectivity index (χ1) is 34.8. The van der Waals surface area contributed by atoms with Gasteiger partial charge in [0.2, 0.25) is 5.95 Å². The number of rotatable bonds is 6. The number of para-hydroxylation sites is 5. The Labute approximate surface area is 398 Å². The van der Waals surface area contributed by atoms with Crippen LogP contribution in [0.2, 0.25) is 0 Å². The third-order valence-electron chi connectivity index (χ3n) is 13.8. The molecule has 0 saturated heterocycles. The molecular formula is C60H36N10. The van der Waals surface area contributed by atoms with Crippen LogP contribution >= 0.6 is 0 Å². The standard InChI is InChI=1S/C60H36N10/c1-2-17-37(18-3-1)58-64-59(66-60(65-58)70-44-24-9-4-19-38(44)39-20-5-10-25-45(39)70)43-35-53(68-47-27-12-7-22-41(47)56-50(68)30-15-33-62-56)54(69-48-28-13-8-23-42(48)57-51(69)31-16-34-63-57)36-52(43)67-46-26-11-6-21-40(46)55-49(67)29-14-32-61-55/h1-36H. The van der Waals surface area contributed by atoms with Crippen molar-refractivity contribution < 1.29 is 0 Å². The zero-order chi connectivity index (χ0) is 45.9. The molecule has 70 heavy (non-hydrogen) atoms. The number of hydrogen-bond acceptors (Lipinski definition) is 6. The van der Waals surface area contributed by atoms with Crippen LogP contribution in [-0.4, -0.2) is 48.2 Å². The van der Waals surface area contributed by atoms with E-state index < -0.39 is 0 Å². The summed E-state index contributed by atoms with van der Waals surface area (Å²) in [7, 11) is 0. The van der Waals surface area contributed by atoms with Gasteiger partial charge in [0.15, 0.2) is 11.6 Å². The van der Waals surface area contributed by atoms with Crippen molar-refractivity contribution in [2.24, 2.45) is 0 Å². The number of aromatic nitrogens is 10. The van der Waals surface area contributed by atoms with Crippen LogP contribution in [-0.2, 0) is 0 Å². The Balaban J connectivity index is 1.16. The van der Waals surface area contributed by atoms with E-state index in [-0.39, 0.29) is 0 Å². The molecular weight excluding hydrogens is 861 g/mol. The quantitative estimate of drug-likeness (QED) is 0.165. The van der Waals surface area contributed by atoms with Crippen molar-refractivity contribution >= 4 is 87.6 Å². The van der Waals surface area contributed by atoms with Gasteiger partial charge in [0.25, 0.3) is 0 Å². The van der Waals surface area contributed by atoms with E-state index >= 15 is 0 Å². The number of fused-ring (bicyclic) bond motifs is 12. The highest BCUT2D eigenvalue weighted by molar-refractivity contribution is 6.12. The van der Waals surface area contributed by atoms with E-state index in [0.717, 1.165) is 116 Å². The van der Waals surface area contributed by atoms with Crippen molar-refractivity contribution in [3.8, 4) is 45.8 Å². The molecule has 0 saturated carbocycles. The second-order valence-electron chi connectivity index (χ2n) is 17.5. The fourth-order valence-corrected chi connectivity index (χ4v) is 10.9. The molecule has 8 heterocycles. The Morgan fingerprint density at radius 2 is 0.643 bits per heavy atom. The second-order valence-corrected chi connectivity index (χ2v) is 17.5. The topological polar surface area (TPSA) is 97.1 Å². The maximum Gasteiger partial charge on any atom is 0.238 e. The first-order valence-corrected chi connectivity index (χ1v) is 23.3. The fraction of sp³-hybridized carbons (Fsp3) is 0. The van der Waals surface area contributed by atoms with Crippen molar-refractivity contribution in [2.75, 3.05) is 0 Å². The van der Waals surface area contributed by atoms with E-state index in [0.29, 0.717) is 17.6 Å². The molecule has 7 aromatic carbocycles. The molecule has 0 aliphatic heterocycles. The van der Waals surface area contributed by atoms with Crippen molar-refractivity contribution in [3.63, 3.8) is 0 Å². The molecule has 0 fully saturated rings. The lowest BCUT2D eigenvalue weighted by Gasteiger charge is -2.22. The molecule has 0 N–H and O–H groups in total. The largest absolute Gasteiger partial charge is 0.307 e. The summed E-state index contributed by atoms with van der Waals surface area (Å²) in [6.45, 7) is 0. The normalized spacial score (nSPS) is 12.0. The highest BCUT2D eigenvalue weighted by atomic mass is 15.2. The van der Waals surface area contributed by atoms with Gasteiger partial charge in [-0.25, -0.2) is 4.98 Å². The van der Waals surface area contributed by atoms with Crippen LogP contribution in [0.3, 0.4) is 0 Å². The number of benzene rings is 7. The minimum absolute atomic E-state index is 0.506. The summed E-state index contributed by atoms with van der Waals surface area (Å²) in [5.41, 5.74) is 15.0. The zero-order valence-electron chi connectivity index (χ0n) is 37.3. The SMILES string of the molecule is c1ccc(-c2nc(-c3cc(-n4c5ccccc5c5ncccc54)c(-n4c5ccccc5c5ncccc54)cc3-n3c4ccccc4c4ncccc43)nc(-n3c4ccccc4c4ccccc43)n2)cc1. The monoisotopic (exact) mass is 896 g/mol. The molecule has 0 bridgehead atoms. The lowest BCUT2D eigenvalue weighted by atomic mass is 10.1. The fourth-order valence-electron chi connectivity index (χ4n) is 10.9. The van der Waals surface area contributed by atoms with E-state index in [1.165, 1.54) is 0 Å². The number of pyridine rings is 3. The summed E-state index contributed by atoms with van der Waals surface area (Å²) in [6, 6.07) is 69.7. The van der Waals surface area contributed by atoms with Crippen LogP contribution in [0.4, 0.5) is 0 Å². The Morgan fingerprint density at radius 3 is 1.13 bits per heavy atom. The van der Waals surface area contributed by atoms with Crippen LogP contribution in [0.1, 0.15) is 0 Å². The smallest absolute Gasteiger partial charge is 0.238 e. The Hall–Kier alpha value is -9.80. The average Bonchev–Trinajstić information content (AvgIpc) is 4.16.